The van der Waals surface area contributed by atoms with Crippen molar-refractivity contribution in [2.75, 3.05) is 18.5 Å². The number of carbonyl (C=O) groups is 2. The van der Waals surface area contributed by atoms with Gasteiger partial charge in [0.1, 0.15) is 19.0 Å². The topological polar surface area (TPSA) is 113 Å². The van der Waals surface area contributed by atoms with Gasteiger partial charge >= 0.3 is 5.97 Å². The summed E-state index contributed by atoms with van der Waals surface area (Å²) in [6.07, 6.45) is 0.699. The van der Waals surface area contributed by atoms with E-state index in [2.05, 4.69) is 21.6 Å². The van der Waals surface area contributed by atoms with Crippen molar-refractivity contribution in [3.63, 3.8) is 0 Å². The maximum atomic E-state index is 12.7. The van der Waals surface area contributed by atoms with Gasteiger partial charge in [0.05, 0.1) is 28.4 Å². The minimum absolute atomic E-state index is 0.160. The fourth-order valence-electron chi connectivity index (χ4n) is 3.10. The second kappa shape index (κ2) is 12.5. The molecule has 0 aliphatic carbocycles. The molecule has 3 aromatic carbocycles. The highest BCUT2D eigenvalue weighted by atomic mass is 16.6. The first-order valence-electron chi connectivity index (χ1n) is 12.0. The van der Waals surface area contributed by atoms with E-state index < -0.39 is 5.41 Å². The first-order valence-corrected chi connectivity index (χ1v) is 12.0. The van der Waals surface area contributed by atoms with E-state index in [0.717, 1.165) is 5.56 Å². The van der Waals surface area contributed by atoms with Crippen LogP contribution in [-0.2, 0) is 9.53 Å². The number of benzene rings is 3. The highest BCUT2D eigenvalue weighted by molar-refractivity contribution is 6.04. The number of rotatable bonds is 10. The van der Waals surface area contributed by atoms with Gasteiger partial charge in [-0.25, -0.2) is 0 Å². The van der Waals surface area contributed by atoms with E-state index >= 15 is 0 Å². The van der Waals surface area contributed by atoms with E-state index in [-0.39, 0.29) is 25.1 Å². The molecule has 8 heteroatoms. The molecule has 0 radical (unpaired) electrons. The molecule has 0 bridgehead atoms. The summed E-state index contributed by atoms with van der Waals surface area (Å²) in [7, 11) is 0. The lowest BCUT2D eigenvalue weighted by Gasteiger charge is -2.20. The third-order valence-electron chi connectivity index (χ3n) is 5.87. The molecule has 8 nitrogen and oxygen atoms in total. The van der Waals surface area contributed by atoms with Gasteiger partial charge in [-0.05, 0) is 99.5 Å². The molecular formula is C29H30N4O4. The van der Waals surface area contributed by atoms with E-state index in [1.807, 2.05) is 33.8 Å². The zero-order chi connectivity index (χ0) is 26.8. The number of aryl methyl sites for hydroxylation is 1. The van der Waals surface area contributed by atoms with E-state index in [1.165, 1.54) is 0 Å². The Morgan fingerprint density at radius 2 is 1.59 bits per heavy atom. The average molecular weight is 499 g/mol. The summed E-state index contributed by atoms with van der Waals surface area (Å²) < 4.78 is 10.9. The molecule has 0 atom stereocenters. The fourth-order valence-corrected chi connectivity index (χ4v) is 3.10. The number of nitriles is 1. The number of nitrogens with one attached hydrogen (secondary N) is 1. The number of hydrogen-bond donors (Lipinski definition) is 1. The standard InChI is InChI=1S/C29H30N4O4/c1-5-29(3,4)28(35)37-17-16-36-25-13-8-22(9-14-25)27(34)31-26-15-12-24(18-20(26)2)33-32-23-10-6-21(19-30)7-11-23/h6-15,18H,5,16-17H2,1-4H3,(H,31,34)/b33-32+. The number of nitrogens with zero attached hydrogens (tertiary/aromatic N) is 3. The van der Waals surface area contributed by atoms with Crippen LogP contribution in [0.25, 0.3) is 0 Å². The molecule has 3 rings (SSSR count). The van der Waals surface area contributed by atoms with Crippen LogP contribution in [0.5, 0.6) is 5.75 Å². The van der Waals surface area contributed by atoms with Gasteiger partial charge in [0.15, 0.2) is 0 Å². The lowest BCUT2D eigenvalue weighted by atomic mass is 9.91. The Kier molecular flexibility index (Phi) is 9.11. The second-order valence-electron chi connectivity index (χ2n) is 9.06. The van der Waals surface area contributed by atoms with E-state index in [9.17, 15) is 9.59 Å². The smallest absolute Gasteiger partial charge is 0.311 e. The van der Waals surface area contributed by atoms with Crippen LogP contribution in [0.1, 0.15) is 48.7 Å². The predicted octanol–water partition coefficient (Wildman–Crippen LogP) is 6.89. The number of hydrogen-bond acceptors (Lipinski definition) is 7. The lowest BCUT2D eigenvalue weighted by molar-refractivity contribution is -0.154. The summed E-state index contributed by atoms with van der Waals surface area (Å²) in [6.45, 7) is 7.90. The van der Waals surface area contributed by atoms with Crippen molar-refractivity contribution < 1.29 is 19.1 Å². The normalized spacial score (nSPS) is 11.1. The Morgan fingerprint density at radius 3 is 2.22 bits per heavy atom. The van der Waals surface area contributed by atoms with Gasteiger partial charge in [-0.2, -0.15) is 15.5 Å². The minimum Gasteiger partial charge on any atom is -0.490 e. The van der Waals surface area contributed by atoms with Crippen LogP contribution in [-0.4, -0.2) is 25.1 Å². The summed E-state index contributed by atoms with van der Waals surface area (Å²) in [5, 5.41) is 20.2. The van der Waals surface area contributed by atoms with Crippen LogP contribution >= 0.6 is 0 Å². The molecule has 3 aromatic rings. The summed E-state index contributed by atoms with van der Waals surface area (Å²) >= 11 is 0. The van der Waals surface area contributed by atoms with Gasteiger partial charge in [0, 0.05) is 11.3 Å². The van der Waals surface area contributed by atoms with Crippen LogP contribution in [0.4, 0.5) is 17.1 Å². The molecule has 1 N–H and O–H groups in total. The Morgan fingerprint density at radius 1 is 0.946 bits per heavy atom. The summed E-state index contributed by atoms with van der Waals surface area (Å²) in [5.74, 6) is 0.0798. The largest absolute Gasteiger partial charge is 0.490 e. The number of carbonyl (C=O) groups excluding carboxylic acids is 2. The molecule has 1 amide bonds. The highest BCUT2D eigenvalue weighted by Crippen LogP contribution is 2.25. The lowest BCUT2D eigenvalue weighted by Crippen LogP contribution is -2.27. The van der Waals surface area contributed by atoms with Crippen molar-refractivity contribution >= 4 is 28.9 Å². The van der Waals surface area contributed by atoms with Crippen molar-refractivity contribution in [2.24, 2.45) is 15.6 Å². The van der Waals surface area contributed by atoms with E-state index in [4.69, 9.17) is 14.7 Å². The van der Waals surface area contributed by atoms with Gasteiger partial charge in [0.2, 0.25) is 0 Å². The molecule has 0 saturated carbocycles. The van der Waals surface area contributed by atoms with Gasteiger partial charge in [-0.1, -0.05) is 6.92 Å². The Hall–Kier alpha value is -4.51. The first-order chi connectivity index (χ1) is 17.7. The van der Waals surface area contributed by atoms with E-state index in [1.54, 1.807) is 60.7 Å². The number of amides is 1. The summed E-state index contributed by atoms with van der Waals surface area (Å²) in [5.41, 5.74) is 3.32. The monoisotopic (exact) mass is 498 g/mol. The third-order valence-corrected chi connectivity index (χ3v) is 5.87. The van der Waals surface area contributed by atoms with Gasteiger partial charge < -0.3 is 14.8 Å². The number of esters is 1. The molecule has 190 valence electrons. The van der Waals surface area contributed by atoms with Crippen LogP contribution < -0.4 is 10.1 Å². The minimum atomic E-state index is -0.510. The van der Waals surface area contributed by atoms with Crippen LogP contribution in [0, 0.1) is 23.7 Å². The molecule has 0 unspecified atom stereocenters. The van der Waals surface area contributed by atoms with Gasteiger partial charge in [-0.15, -0.1) is 0 Å². The molecular weight excluding hydrogens is 468 g/mol. The van der Waals surface area contributed by atoms with Crippen LogP contribution in [0.2, 0.25) is 0 Å². The van der Waals surface area contributed by atoms with Gasteiger partial charge in [0.25, 0.3) is 5.91 Å². The van der Waals surface area contributed by atoms with Crippen LogP contribution in [0.3, 0.4) is 0 Å². The Balaban J connectivity index is 1.52. The molecule has 0 fully saturated rings. The predicted molar refractivity (Wildman–Crippen MR) is 141 cm³/mol. The first kappa shape index (κ1) is 27.1. The number of ether oxygens (including phenoxy) is 2. The van der Waals surface area contributed by atoms with Crippen molar-refractivity contribution in [2.45, 2.75) is 34.1 Å². The Bertz CT molecular complexity index is 1310. The second-order valence-corrected chi connectivity index (χ2v) is 9.06. The highest BCUT2D eigenvalue weighted by Gasteiger charge is 2.26. The van der Waals surface area contributed by atoms with E-state index in [0.29, 0.717) is 40.4 Å². The van der Waals surface area contributed by atoms with Gasteiger partial charge in [-0.3, -0.25) is 9.59 Å². The van der Waals surface area contributed by atoms with Crippen LogP contribution in [0.15, 0.2) is 77.0 Å². The zero-order valence-corrected chi connectivity index (χ0v) is 21.4. The number of azo groups is 1. The summed E-state index contributed by atoms with van der Waals surface area (Å²) in [4.78, 5) is 24.7. The molecule has 0 aliphatic rings. The molecule has 0 aromatic heterocycles. The van der Waals surface area contributed by atoms with Crippen molar-refractivity contribution in [1.29, 1.82) is 5.26 Å². The average Bonchev–Trinajstić information content (AvgIpc) is 2.91. The molecule has 0 spiro atoms. The quantitative estimate of drug-likeness (QED) is 0.186. The zero-order valence-electron chi connectivity index (χ0n) is 21.4. The molecule has 0 saturated heterocycles. The SMILES string of the molecule is CCC(C)(C)C(=O)OCCOc1ccc(C(=O)Nc2ccc(/N=N/c3ccc(C#N)cc3)cc2C)cc1. The maximum Gasteiger partial charge on any atom is 0.311 e. The van der Waals surface area contributed by atoms with Crippen molar-refractivity contribution in [1.82, 2.24) is 0 Å². The molecule has 0 heterocycles. The Labute approximate surface area is 216 Å². The molecule has 0 aliphatic heterocycles. The maximum absolute atomic E-state index is 12.7. The van der Waals surface area contributed by atoms with Crippen molar-refractivity contribution in [3.05, 3.63) is 83.4 Å². The van der Waals surface area contributed by atoms with Crippen molar-refractivity contribution in [3.8, 4) is 11.8 Å². The number of anilines is 1. The third kappa shape index (κ3) is 7.74. The fraction of sp³-hybridized carbons (Fsp3) is 0.276. The summed E-state index contributed by atoms with van der Waals surface area (Å²) in [6, 6.07) is 21.0. The molecule has 37 heavy (non-hydrogen) atoms.